The maximum atomic E-state index is 12.6. The fraction of sp³-hybridized carbons (Fsp3) is 0.176. The molecule has 0 N–H and O–H groups in total. The van der Waals surface area contributed by atoms with E-state index in [2.05, 4.69) is 9.73 Å². The number of para-hydroxylation sites is 1. The van der Waals surface area contributed by atoms with E-state index in [9.17, 15) is 18.0 Å². The van der Waals surface area contributed by atoms with Gasteiger partial charge < -0.3 is 9.47 Å². The van der Waals surface area contributed by atoms with Gasteiger partial charge in [-0.25, -0.2) is 4.99 Å². The summed E-state index contributed by atoms with van der Waals surface area (Å²) in [6, 6.07) is 10.7. The predicted molar refractivity (Wildman–Crippen MR) is 80.4 cm³/mol. The Kier molecular flexibility index (Phi) is 4.01. The number of alkyl halides is 3. The maximum absolute atomic E-state index is 12.6. The van der Waals surface area contributed by atoms with Crippen LogP contribution in [-0.4, -0.2) is 18.5 Å². The minimum Gasteiger partial charge on any atom is -0.461 e. The Morgan fingerprint density at radius 3 is 2.67 bits per heavy atom. The van der Waals surface area contributed by atoms with E-state index in [1.807, 2.05) is 6.92 Å². The third-order valence-corrected chi connectivity index (χ3v) is 3.42. The average Bonchev–Trinajstić information content (AvgIpc) is 2.53. The van der Waals surface area contributed by atoms with Gasteiger partial charge in [-0.1, -0.05) is 23.8 Å². The number of nitrogens with zero attached hydrogens (tertiary/aromatic N) is 1. The number of halogens is 3. The lowest BCUT2D eigenvalue weighted by Crippen LogP contribution is -2.22. The number of hydrogen-bond acceptors (Lipinski definition) is 4. The number of aliphatic imine (C=N–C) groups is 1. The minimum absolute atomic E-state index is 0.0212. The van der Waals surface area contributed by atoms with E-state index in [0.29, 0.717) is 17.5 Å². The second kappa shape index (κ2) is 5.99. The quantitative estimate of drug-likeness (QED) is 0.788. The number of carbonyl (C=O) groups excluding carboxylic acids is 1. The van der Waals surface area contributed by atoms with Crippen molar-refractivity contribution in [3.05, 3.63) is 59.2 Å². The summed E-state index contributed by atoms with van der Waals surface area (Å²) in [4.78, 5) is 15.6. The number of aldehydes is 1. The number of benzene rings is 2. The molecule has 3 rings (SSSR count). The van der Waals surface area contributed by atoms with Crippen molar-refractivity contribution in [1.82, 2.24) is 0 Å². The average molecular weight is 335 g/mol. The van der Waals surface area contributed by atoms with Crippen molar-refractivity contribution in [2.24, 2.45) is 4.99 Å². The molecule has 0 aromatic heterocycles. The summed E-state index contributed by atoms with van der Waals surface area (Å²) in [5.41, 5.74) is 1.99. The van der Waals surface area contributed by atoms with Crippen molar-refractivity contribution >= 4 is 17.9 Å². The van der Waals surface area contributed by atoms with Gasteiger partial charge in [0.05, 0.1) is 11.3 Å². The topological polar surface area (TPSA) is 47.9 Å². The van der Waals surface area contributed by atoms with Crippen LogP contribution in [0.2, 0.25) is 0 Å². The Labute approximate surface area is 135 Å². The maximum Gasteiger partial charge on any atom is 0.573 e. The summed E-state index contributed by atoms with van der Waals surface area (Å²) in [6.45, 7) is 1.86. The first kappa shape index (κ1) is 16.0. The van der Waals surface area contributed by atoms with Crippen molar-refractivity contribution in [2.75, 3.05) is 0 Å². The van der Waals surface area contributed by atoms with Crippen LogP contribution in [0.3, 0.4) is 0 Å². The van der Waals surface area contributed by atoms with Crippen LogP contribution in [0.5, 0.6) is 5.75 Å². The first-order valence-corrected chi connectivity index (χ1v) is 7.04. The molecule has 1 heterocycles. The number of hydrogen-bond donors (Lipinski definition) is 0. The highest BCUT2D eigenvalue weighted by atomic mass is 19.4. The SMILES string of the molecule is Cc1ccc2c(c1)C(C=O)OC(c1ccccc1OC(F)(F)F)=N2. The molecule has 0 bridgehead atoms. The zero-order valence-corrected chi connectivity index (χ0v) is 12.5. The summed E-state index contributed by atoms with van der Waals surface area (Å²) in [7, 11) is 0. The molecule has 0 saturated carbocycles. The molecule has 124 valence electrons. The lowest BCUT2D eigenvalue weighted by atomic mass is 10.0. The number of carbonyl (C=O) groups is 1. The molecule has 0 radical (unpaired) electrons. The van der Waals surface area contributed by atoms with Crippen molar-refractivity contribution in [3.8, 4) is 5.75 Å². The first-order valence-electron chi connectivity index (χ1n) is 7.04. The number of ether oxygens (including phenoxy) is 2. The van der Waals surface area contributed by atoms with Crippen LogP contribution in [0.25, 0.3) is 0 Å². The van der Waals surface area contributed by atoms with E-state index in [4.69, 9.17) is 4.74 Å². The van der Waals surface area contributed by atoms with E-state index >= 15 is 0 Å². The summed E-state index contributed by atoms with van der Waals surface area (Å²) < 4.78 is 47.2. The van der Waals surface area contributed by atoms with Crippen LogP contribution >= 0.6 is 0 Å². The molecule has 0 spiro atoms. The highest BCUT2D eigenvalue weighted by Gasteiger charge is 2.34. The van der Waals surface area contributed by atoms with E-state index < -0.39 is 18.2 Å². The molecule has 1 unspecified atom stereocenters. The zero-order chi connectivity index (χ0) is 17.3. The Hall–Kier alpha value is -2.83. The van der Waals surface area contributed by atoms with Crippen LogP contribution < -0.4 is 4.74 Å². The Bertz CT molecular complexity index is 815. The zero-order valence-electron chi connectivity index (χ0n) is 12.5. The molecule has 2 aromatic rings. The fourth-order valence-electron chi connectivity index (χ4n) is 2.40. The van der Waals surface area contributed by atoms with Gasteiger partial charge in [0.1, 0.15) is 5.75 Å². The van der Waals surface area contributed by atoms with Gasteiger partial charge in [0.25, 0.3) is 0 Å². The Balaban J connectivity index is 2.08. The third kappa shape index (κ3) is 3.24. The van der Waals surface area contributed by atoms with E-state index in [-0.39, 0.29) is 11.5 Å². The largest absolute Gasteiger partial charge is 0.573 e. The monoisotopic (exact) mass is 335 g/mol. The summed E-state index contributed by atoms with van der Waals surface area (Å²) >= 11 is 0. The highest BCUT2D eigenvalue weighted by Crippen LogP contribution is 2.36. The smallest absolute Gasteiger partial charge is 0.461 e. The van der Waals surface area contributed by atoms with Crippen LogP contribution in [-0.2, 0) is 9.53 Å². The molecule has 2 aromatic carbocycles. The summed E-state index contributed by atoms with van der Waals surface area (Å²) in [5.74, 6) is -0.535. The van der Waals surface area contributed by atoms with Crippen LogP contribution in [0.1, 0.15) is 22.8 Å². The second-order valence-electron chi connectivity index (χ2n) is 5.20. The number of aryl methyl sites for hydroxylation is 1. The lowest BCUT2D eigenvalue weighted by molar-refractivity contribution is -0.274. The molecule has 24 heavy (non-hydrogen) atoms. The highest BCUT2D eigenvalue weighted by molar-refractivity contribution is 6.00. The predicted octanol–water partition coefficient (Wildman–Crippen LogP) is 4.24. The van der Waals surface area contributed by atoms with E-state index in [1.54, 1.807) is 18.2 Å². The Morgan fingerprint density at radius 1 is 1.21 bits per heavy atom. The van der Waals surface area contributed by atoms with Crippen LogP contribution in [0, 0.1) is 6.92 Å². The van der Waals surface area contributed by atoms with Crippen LogP contribution in [0.4, 0.5) is 18.9 Å². The molecular formula is C17H12F3NO3. The molecule has 1 aliphatic heterocycles. The van der Waals surface area contributed by atoms with Gasteiger partial charge in [-0.2, -0.15) is 0 Å². The fourth-order valence-corrected chi connectivity index (χ4v) is 2.40. The van der Waals surface area contributed by atoms with Crippen molar-refractivity contribution in [2.45, 2.75) is 19.4 Å². The van der Waals surface area contributed by atoms with Crippen molar-refractivity contribution in [3.63, 3.8) is 0 Å². The molecule has 1 atom stereocenters. The van der Waals surface area contributed by atoms with Gasteiger partial charge in [0.2, 0.25) is 5.90 Å². The standard InChI is InChI=1S/C17H12F3NO3/c1-10-6-7-13-12(8-10)15(9-22)23-16(21-13)11-4-2-3-5-14(11)24-17(18,19)20/h2-9,15H,1H3. The summed E-state index contributed by atoms with van der Waals surface area (Å²) in [5, 5.41) is 0. The first-order chi connectivity index (χ1) is 11.4. The van der Waals surface area contributed by atoms with Gasteiger partial charge in [0.15, 0.2) is 12.4 Å². The number of rotatable bonds is 3. The molecule has 1 aliphatic rings. The number of fused-ring (bicyclic) bond motifs is 1. The van der Waals surface area contributed by atoms with Crippen LogP contribution in [0.15, 0.2) is 47.5 Å². The molecule has 0 amide bonds. The molecule has 0 aliphatic carbocycles. The van der Waals surface area contributed by atoms with Gasteiger partial charge in [-0.05, 0) is 31.2 Å². The lowest BCUT2D eigenvalue weighted by Gasteiger charge is -2.23. The second-order valence-corrected chi connectivity index (χ2v) is 5.20. The van der Waals surface area contributed by atoms with Crippen molar-refractivity contribution in [1.29, 1.82) is 0 Å². The van der Waals surface area contributed by atoms with Gasteiger partial charge >= 0.3 is 6.36 Å². The van der Waals surface area contributed by atoms with Crippen molar-refractivity contribution < 1.29 is 27.4 Å². The van der Waals surface area contributed by atoms with E-state index in [1.165, 1.54) is 18.2 Å². The van der Waals surface area contributed by atoms with E-state index in [0.717, 1.165) is 11.6 Å². The molecule has 4 nitrogen and oxygen atoms in total. The molecule has 0 saturated heterocycles. The minimum atomic E-state index is -4.84. The Morgan fingerprint density at radius 2 is 1.96 bits per heavy atom. The molecule has 0 fully saturated rings. The normalized spacial score (nSPS) is 16.7. The molecule has 7 heteroatoms. The van der Waals surface area contributed by atoms with Gasteiger partial charge in [0, 0.05) is 5.56 Å². The third-order valence-electron chi connectivity index (χ3n) is 3.42. The molecular weight excluding hydrogens is 323 g/mol. The van der Waals surface area contributed by atoms with Gasteiger partial charge in [-0.15, -0.1) is 13.2 Å². The summed E-state index contributed by atoms with van der Waals surface area (Å²) in [6.07, 6.45) is -5.20. The van der Waals surface area contributed by atoms with Gasteiger partial charge in [-0.3, -0.25) is 4.79 Å².